The van der Waals surface area contributed by atoms with Crippen molar-refractivity contribution in [2.24, 2.45) is 0 Å². The lowest BCUT2D eigenvalue weighted by Crippen LogP contribution is -2.00. The van der Waals surface area contributed by atoms with Gasteiger partial charge < -0.3 is 0 Å². The van der Waals surface area contributed by atoms with E-state index in [1.165, 1.54) is 0 Å². The lowest BCUT2D eigenvalue weighted by molar-refractivity contribution is 0.0988. The molecule has 2 aromatic carbocycles. The minimum Gasteiger partial charge on any atom is -0.294 e. The van der Waals surface area contributed by atoms with Crippen LogP contribution < -0.4 is 0 Å². The van der Waals surface area contributed by atoms with Crippen molar-refractivity contribution in [3.8, 4) is 16.9 Å². The highest BCUT2D eigenvalue weighted by molar-refractivity contribution is 5.96. The predicted molar refractivity (Wildman–Crippen MR) is 81.4 cm³/mol. The zero-order valence-electron chi connectivity index (χ0n) is 11.7. The van der Waals surface area contributed by atoms with E-state index in [1.807, 2.05) is 61.5 Å². The first kappa shape index (κ1) is 13.2. The van der Waals surface area contributed by atoms with Gasteiger partial charge in [0.25, 0.3) is 0 Å². The van der Waals surface area contributed by atoms with Gasteiger partial charge in [0.15, 0.2) is 5.78 Å². The molecule has 0 aliphatic carbocycles. The first-order chi connectivity index (χ1) is 10.3. The minimum absolute atomic E-state index is 0.149. The molecule has 0 bridgehead atoms. The molecule has 0 aliphatic rings. The molecule has 0 saturated heterocycles. The third kappa shape index (κ3) is 2.60. The average Bonchev–Trinajstić information content (AvgIpc) is 3.04. The Morgan fingerprint density at radius 1 is 1.05 bits per heavy atom. The SMILES string of the molecule is CCC(=O)c1ccc(-c2cnnn2-c2ccccc2)cc1. The lowest BCUT2D eigenvalue weighted by atomic mass is 10.1. The summed E-state index contributed by atoms with van der Waals surface area (Å²) in [4.78, 5) is 11.7. The van der Waals surface area contributed by atoms with Crippen LogP contribution in [0.1, 0.15) is 23.7 Å². The molecule has 4 nitrogen and oxygen atoms in total. The molecule has 0 aliphatic heterocycles. The number of hydrogen-bond acceptors (Lipinski definition) is 3. The van der Waals surface area contributed by atoms with Crippen LogP contribution >= 0.6 is 0 Å². The van der Waals surface area contributed by atoms with E-state index in [0.717, 1.165) is 22.5 Å². The molecule has 0 fully saturated rings. The van der Waals surface area contributed by atoms with Crippen LogP contribution in [-0.2, 0) is 0 Å². The fraction of sp³-hybridized carbons (Fsp3) is 0.118. The van der Waals surface area contributed by atoms with Crippen molar-refractivity contribution in [2.45, 2.75) is 13.3 Å². The molecule has 104 valence electrons. The fourth-order valence-corrected chi connectivity index (χ4v) is 2.22. The minimum atomic E-state index is 0.149. The molecule has 3 rings (SSSR count). The molecule has 0 unspecified atom stereocenters. The smallest absolute Gasteiger partial charge is 0.162 e. The van der Waals surface area contributed by atoms with E-state index in [4.69, 9.17) is 0 Å². The molecule has 0 amide bonds. The Balaban J connectivity index is 1.99. The van der Waals surface area contributed by atoms with E-state index in [9.17, 15) is 4.79 Å². The van der Waals surface area contributed by atoms with Crippen LogP contribution in [0.15, 0.2) is 60.8 Å². The van der Waals surface area contributed by atoms with Gasteiger partial charge in [0.2, 0.25) is 0 Å². The monoisotopic (exact) mass is 277 g/mol. The van der Waals surface area contributed by atoms with E-state index in [1.54, 1.807) is 10.9 Å². The number of carbonyl (C=O) groups excluding carboxylic acids is 1. The molecular formula is C17H15N3O. The fourth-order valence-electron chi connectivity index (χ4n) is 2.22. The van der Waals surface area contributed by atoms with Crippen LogP contribution in [0.2, 0.25) is 0 Å². The molecule has 0 N–H and O–H groups in total. The summed E-state index contributed by atoms with van der Waals surface area (Å²) in [6.45, 7) is 1.87. The second-order valence-electron chi connectivity index (χ2n) is 4.72. The van der Waals surface area contributed by atoms with Gasteiger partial charge in [-0.25, -0.2) is 4.68 Å². The summed E-state index contributed by atoms with van der Waals surface area (Å²) in [5.74, 6) is 0.149. The topological polar surface area (TPSA) is 47.8 Å². The maximum absolute atomic E-state index is 11.7. The lowest BCUT2D eigenvalue weighted by Gasteiger charge is -2.06. The number of rotatable bonds is 4. The van der Waals surface area contributed by atoms with Crippen molar-refractivity contribution in [1.29, 1.82) is 0 Å². The second kappa shape index (κ2) is 5.71. The van der Waals surface area contributed by atoms with Gasteiger partial charge in [0, 0.05) is 17.5 Å². The largest absolute Gasteiger partial charge is 0.294 e. The third-order valence-electron chi connectivity index (χ3n) is 3.37. The van der Waals surface area contributed by atoms with Gasteiger partial charge in [-0.3, -0.25) is 4.79 Å². The first-order valence-electron chi connectivity index (χ1n) is 6.89. The maximum atomic E-state index is 11.7. The van der Waals surface area contributed by atoms with Gasteiger partial charge >= 0.3 is 0 Å². The summed E-state index contributed by atoms with van der Waals surface area (Å²) in [6.07, 6.45) is 2.24. The van der Waals surface area contributed by atoms with Crippen LogP contribution in [-0.4, -0.2) is 20.8 Å². The average molecular weight is 277 g/mol. The van der Waals surface area contributed by atoms with Gasteiger partial charge in [0.05, 0.1) is 17.6 Å². The van der Waals surface area contributed by atoms with Gasteiger partial charge in [0.1, 0.15) is 0 Å². The first-order valence-corrected chi connectivity index (χ1v) is 6.89. The number of para-hydroxylation sites is 1. The molecular weight excluding hydrogens is 262 g/mol. The van der Waals surface area contributed by atoms with Crippen molar-refractivity contribution < 1.29 is 4.79 Å². The second-order valence-corrected chi connectivity index (χ2v) is 4.72. The number of Topliss-reactive ketones (excluding diaryl/α,β-unsaturated/α-hetero) is 1. The van der Waals surface area contributed by atoms with E-state index < -0.39 is 0 Å². The number of nitrogens with zero attached hydrogens (tertiary/aromatic N) is 3. The number of aromatic nitrogens is 3. The van der Waals surface area contributed by atoms with Crippen molar-refractivity contribution in [2.75, 3.05) is 0 Å². The Kier molecular flexibility index (Phi) is 3.60. The number of hydrogen-bond donors (Lipinski definition) is 0. The van der Waals surface area contributed by atoms with Crippen LogP contribution in [0.25, 0.3) is 16.9 Å². The molecule has 0 atom stereocenters. The van der Waals surface area contributed by atoms with Crippen LogP contribution in [0.5, 0.6) is 0 Å². The maximum Gasteiger partial charge on any atom is 0.162 e. The molecule has 1 heterocycles. The summed E-state index contributed by atoms with van der Waals surface area (Å²) >= 11 is 0. The van der Waals surface area contributed by atoms with E-state index >= 15 is 0 Å². The molecule has 0 saturated carbocycles. The molecule has 0 radical (unpaired) electrons. The van der Waals surface area contributed by atoms with Gasteiger partial charge in [-0.1, -0.05) is 54.6 Å². The standard InChI is InChI=1S/C17H15N3O/c1-2-17(21)14-10-8-13(9-11-14)16-12-18-19-20(16)15-6-4-3-5-7-15/h3-12H,2H2,1H3. The molecule has 4 heteroatoms. The summed E-state index contributed by atoms with van der Waals surface area (Å²) in [5.41, 5.74) is 3.58. The van der Waals surface area contributed by atoms with Crippen molar-refractivity contribution >= 4 is 5.78 Å². The highest BCUT2D eigenvalue weighted by Gasteiger charge is 2.09. The zero-order chi connectivity index (χ0) is 14.7. The molecule has 1 aromatic heterocycles. The van der Waals surface area contributed by atoms with Crippen molar-refractivity contribution in [3.05, 3.63) is 66.4 Å². The van der Waals surface area contributed by atoms with Gasteiger partial charge in [-0.05, 0) is 12.1 Å². The van der Waals surface area contributed by atoms with Crippen molar-refractivity contribution in [1.82, 2.24) is 15.0 Å². The zero-order valence-corrected chi connectivity index (χ0v) is 11.7. The van der Waals surface area contributed by atoms with Gasteiger partial charge in [-0.15, -0.1) is 5.10 Å². The highest BCUT2D eigenvalue weighted by atomic mass is 16.1. The van der Waals surface area contributed by atoms with E-state index in [0.29, 0.717) is 6.42 Å². The normalized spacial score (nSPS) is 10.5. The third-order valence-corrected chi connectivity index (χ3v) is 3.37. The van der Waals surface area contributed by atoms with Gasteiger partial charge in [-0.2, -0.15) is 0 Å². The summed E-state index contributed by atoms with van der Waals surface area (Å²) in [6, 6.07) is 17.4. The Morgan fingerprint density at radius 2 is 1.76 bits per heavy atom. The summed E-state index contributed by atoms with van der Waals surface area (Å²) in [7, 11) is 0. The molecule has 3 aromatic rings. The van der Waals surface area contributed by atoms with Crippen LogP contribution in [0, 0.1) is 0 Å². The Bertz CT molecular complexity index is 745. The number of ketones is 1. The predicted octanol–water partition coefficient (Wildman–Crippen LogP) is 3.53. The van der Waals surface area contributed by atoms with Crippen LogP contribution in [0.4, 0.5) is 0 Å². The number of carbonyl (C=O) groups is 1. The Hall–Kier alpha value is -2.75. The summed E-state index contributed by atoms with van der Waals surface area (Å²) < 4.78 is 1.79. The molecule has 21 heavy (non-hydrogen) atoms. The van der Waals surface area contributed by atoms with Crippen molar-refractivity contribution in [3.63, 3.8) is 0 Å². The summed E-state index contributed by atoms with van der Waals surface area (Å²) in [5, 5.41) is 8.13. The van der Waals surface area contributed by atoms with E-state index in [2.05, 4.69) is 10.3 Å². The molecule has 0 spiro atoms. The van der Waals surface area contributed by atoms with E-state index in [-0.39, 0.29) is 5.78 Å². The quantitative estimate of drug-likeness (QED) is 0.685. The Labute approximate surface area is 123 Å². The van der Waals surface area contributed by atoms with Crippen LogP contribution in [0.3, 0.4) is 0 Å². The number of benzene rings is 2. The Morgan fingerprint density at radius 3 is 2.43 bits per heavy atom. The highest BCUT2D eigenvalue weighted by Crippen LogP contribution is 2.22.